The second kappa shape index (κ2) is 7.07. The number of hydrogen-bond acceptors (Lipinski definition) is 1. The zero-order chi connectivity index (χ0) is 10.9. The highest BCUT2D eigenvalue weighted by atomic mass is 32.1. The molecular formula is C13H13FS. The van der Waals surface area contributed by atoms with Crippen LogP contribution in [-0.2, 0) is 0 Å². The van der Waals surface area contributed by atoms with Gasteiger partial charge in [0.1, 0.15) is 6.01 Å². The van der Waals surface area contributed by atoms with Gasteiger partial charge in [0, 0.05) is 0 Å². The van der Waals surface area contributed by atoms with Crippen molar-refractivity contribution < 1.29 is 4.39 Å². The number of hydrogen-bond donors (Lipinski definition) is 1. The van der Waals surface area contributed by atoms with Gasteiger partial charge in [0.15, 0.2) is 0 Å². The van der Waals surface area contributed by atoms with Crippen LogP contribution in [-0.4, -0.2) is 6.01 Å². The molecule has 0 aliphatic heterocycles. The molecule has 0 saturated heterocycles. The third-order valence-electron chi connectivity index (χ3n) is 1.88. The Bertz CT molecular complexity index is 321. The first kappa shape index (κ1) is 11.8. The van der Waals surface area contributed by atoms with Crippen LogP contribution in [0, 0.1) is 0 Å². The zero-order valence-corrected chi connectivity index (χ0v) is 9.20. The predicted molar refractivity (Wildman–Crippen MR) is 66.8 cm³/mol. The monoisotopic (exact) mass is 220 g/mol. The van der Waals surface area contributed by atoms with E-state index < -0.39 is 6.01 Å². The molecule has 0 nitrogen and oxygen atoms in total. The van der Waals surface area contributed by atoms with E-state index in [9.17, 15) is 4.39 Å². The van der Waals surface area contributed by atoms with Crippen molar-refractivity contribution in [2.45, 2.75) is 0 Å². The van der Waals surface area contributed by atoms with Gasteiger partial charge in [-0.15, -0.1) is 12.6 Å². The van der Waals surface area contributed by atoms with Crippen LogP contribution in [0.4, 0.5) is 4.39 Å². The third kappa shape index (κ3) is 4.17. The van der Waals surface area contributed by atoms with Gasteiger partial charge in [-0.25, -0.2) is 4.39 Å². The summed E-state index contributed by atoms with van der Waals surface area (Å²) in [6.45, 7) is 0. The molecule has 0 fully saturated rings. The van der Waals surface area contributed by atoms with E-state index in [1.165, 1.54) is 11.1 Å². The Balaban J connectivity index is 0.000000337. The molecule has 0 aliphatic rings. The molecule has 78 valence electrons. The second-order valence-corrected chi connectivity index (χ2v) is 3.09. The van der Waals surface area contributed by atoms with Crippen LogP contribution in [0.3, 0.4) is 0 Å². The van der Waals surface area contributed by atoms with Crippen molar-refractivity contribution in [3.8, 4) is 11.1 Å². The first-order valence-electron chi connectivity index (χ1n) is 4.65. The lowest BCUT2D eigenvalue weighted by Crippen LogP contribution is -1.73. The van der Waals surface area contributed by atoms with E-state index in [2.05, 4.69) is 61.2 Å². The Hall–Kier alpha value is -1.28. The molecule has 0 atom stereocenters. The Labute approximate surface area is 95.2 Å². The van der Waals surface area contributed by atoms with Gasteiger partial charge < -0.3 is 0 Å². The number of rotatable bonds is 1. The van der Waals surface area contributed by atoms with Crippen molar-refractivity contribution in [1.82, 2.24) is 0 Å². The Morgan fingerprint density at radius 1 is 0.733 bits per heavy atom. The van der Waals surface area contributed by atoms with E-state index in [0.717, 1.165) is 0 Å². The smallest absolute Gasteiger partial charge is 0.132 e. The van der Waals surface area contributed by atoms with Gasteiger partial charge in [0.25, 0.3) is 0 Å². The van der Waals surface area contributed by atoms with Crippen LogP contribution in [0.2, 0.25) is 0 Å². The number of benzene rings is 2. The number of alkyl halides is 1. The van der Waals surface area contributed by atoms with Gasteiger partial charge in [0.2, 0.25) is 0 Å². The molecule has 2 aromatic rings. The molecule has 0 N–H and O–H groups in total. The van der Waals surface area contributed by atoms with Crippen LogP contribution >= 0.6 is 12.6 Å². The molecule has 0 aromatic heterocycles. The molecule has 2 heteroatoms. The van der Waals surface area contributed by atoms with Crippen LogP contribution in [0.5, 0.6) is 0 Å². The van der Waals surface area contributed by atoms with E-state index in [0.29, 0.717) is 0 Å². The number of halogens is 1. The summed E-state index contributed by atoms with van der Waals surface area (Å²) in [6, 6.07) is 20.2. The third-order valence-corrected chi connectivity index (χ3v) is 1.88. The molecule has 0 unspecified atom stereocenters. The maximum atomic E-state index is 10.2. The number of thiol groups is 1. The summed E-state index contributed by atoms with van der Waals surface area (Å²) < 4.78 is 10.2. The van der Waals surface area contributed by atoms with Gasteiger partial charge in [-0.05, 0) is 11.1 Å². The quantitative estimate of drug-likeness (QED) is 0.684. The minimum absolute atomic E-state index is 0.556. The van der Waals surface area contributed by atoms with Gasteiger partial charge >= 0.3 is 0 Å². The Kier molecular flexibility index (Phi) is 5.56. The molecule has 0 amide bonds. The fraction of sp³-hybridized carbons (Fsp3) is 0.0769. The molecule has 0 saturated carbocycles. The maximum Gasteiger partial charge on any atom is 0.132 e. The lowest BCUT2D eigenvalue weighted by Gasteiger charge is -1.98. The Morgan fingerprint density at radius 3 is 1.27 bits per heavy atom. The van der Waals surface area contributed by atoms with Crippen molar-refractivity contribution in [2.24, 2.45) is 0 Å². The molecule has 2 rings (SSSR count). The van der Waals surface area contributed by atoms with E-state index in [1.807, 2.05) is 12.1 Å². The van der Waals surface area contributed by atoms with Crippen LogP contribution < -0.4 is 0 Å². The van der Waals surface area contributed by atoms with Crippen molar-refractivity contribution in [3.63, 3.8) is 0 Å². The molecular weight excluding hydrogens is 207 g/mol. The zero-order valence-electron chi connectivity index (χ0n) is 8.31. The fourth-order valence-electron chi connectivity index (χ4n) is 1.26. The van der Waals surface area contributed by atoms with E-state index in [1.54, 1.807) is 0 Å². The van der Waals surface area contributed by atoms with E-state index >= 15 is 0 Å². The summed E-state index contributed by atoms with van der Waals surface area (Å²) >= 11 is 3.12. The summed E-state index contributed by atoms with van der Waals surface area (Å²) in [4.78, 5) is 0. The van der Waals surface area contributed by atoms with Crippen LogP contribution in [0.25, 0.3) is 11.1 Å². The molecule has 0 heterocycles. The average Bonchev–Trinajstić information content (AvgIpc) is 2.32. The average molecular weight is 220 g/mol. The summed E-state index contributed by atoms with van der Waals surface area (Å²) in [7, 11) is 0. The summed E-state index contributed by atoms with van der Waals surface area (Å²) in [5, 5.41) is 0. The minimum atomic E-state index is -0.556. The van der Waals surface area contributed by atoms with Crippen LogP contribution in [0.1, 0.15) is 0 Å². The van der Waals surface area contributed by atoms with Gasteiger partial charge in [-0.1, -0.05) is 60.7 Å². The standard InChI is InChI=1S/C12H10.CH3FS/c1-3-7-11(8-4-1)12-9-5-2-6-10-12;2-1-3/h1-10H;3H,1H2. The summed E-state index contributed by atoms with van der Waals surface area (Å²) in [5.41, 5.74) is 2.55. The maximum absolute atomic E-state index is 10.2. The highest BCUT2D eigenvalue weighted by Crippen LogP contribution is 2.17. The lowest BCUT2D eigenvalue weighted by molar-refractivity contribution is 0.608. The fourth-order valence-corrected chi connectivity index (χ4v) is 1.26. The highest BCUT2D eigenvalue weighted by molar-refractivity contribution is 7.80. The van der Waals surface area contributed by atoms with E-state index in [-0.39, 0.29) is 0 Å². The first-order chi connectivity index (χ1) is 7.38. The molecule has 0 spiro atoms. The van der Waals surface area contributed by atoms with Crippen molar-refractivity contribution in [3.05, 3.63) is 60.7 Å². The van der Waals surface area contributed by atoms with Crippen molar-refractivity contribution in [2.75, 3.05) is 6.01 Å². The SMILES string of the molecule is FCS.c1ccc(-c2ccccc2)cc1. The van der Waals surface area contributed by atoms with Crippen molar-refractivity contribution in [1.29, 1.82) is 0 Å². The molecule has 0 bridgehead atoms. The van der Waals surface area contributed by atoms with E-state index in [4.69, 9.17) is 0 Å². The first-order valence-corrected chi connectivity index (χ1v) is 5.29. The van der Waals surface area contributed by atoms with Crippen LogP contribution in [0.15, 0.2) is 60.7 Å². The minimum Gasteiger partial charge on any atom is -0.240 e. The Morgan fingerprint density at radius 2 is 1.00 bits per heavy atom. The van der Waals surface area contributed by atoms with Gasteiger partial charge in [0.05, 0.1) is 0 Å². The summed E-state index contributed by atoms with van der Waals surface area (Å²) in [6.07, 6.45) is 0. The summed E-state index contributed by atoms with van der Waals surface area (Å²) in [5.74, 6) is 0. The molecule has 0 radical (unpaired) electrons. The predicted octanol–water partition coefficient (Wildman–Crippen LogP) is 4.20. The molecule has 15 heavy (non-hydrogen) atoms. The largest absolute Gasteiger partial charge is 0.240 e. The second-order valence-electron chi connectivity index (χ2n) is 2.85. The highest BCUT2D eigenvalue weighted by Gasteiger charge is 1.91. The lowest BCUT2D eigenvalue weighted by atomic mass is 10.1. The normalized spacial score (nSPS) is 8.93. The molecule has 2 aromatic carbocycles. The van der Waals surface area contributed by atoms with Gasteiger partial charge in [-0.3, -0.25) is 0 Å². The van der Waals surface area contributed by atoms with Gasteiger partial charge in [-0.2, -0.15) is 0 Å². The molecule has 0 aliphatic carbocycles. The topological polar surface area (TPSA) is 0 Å². The van der Waals surface area contributed by atoms with Crippen molar-refractivity contribution >= 4 is 12.6 Å².